The first-order valence-electron chi connectivity index (χ1n) is 5.94. The Kier molecular flexibility index (Phi) is 4.65. The lowest BCUT2D eigenvalue weighted by Gasteiger charge is -2.19. The fourth-order valence-corrected chi connectivity index (χ4v) is 2.08. The minimum Gasteiger partial charge on any atom is -0.395 e. The van der Waals surface area contributed by atoms with Crippen LogP contribution >= 0.6 is 11.6 Å². The summed E-state index contributed by atoms with van der Waals surface area (Å²) in [5.74, 6) is 0.544. The van der Waals surface area contributed by atoms with Gasteiger partial charge in [-0.05, 0) is 0 Å². The summed E-state index contributed by atoms with van der Waals surface area (Å²) in [6.45, 7) is 1.35. The molecule has 0 amide bonds. The highest BCUT2D eigenvalue weighted by Gasteiger charge is 2.12. The van der Waals surface area contributed by atoms with Gasteiger partial charge in [0.2, 0.25) is 0 Å². The smallest absolute Gasteiger partial charge is 0.162 e. The Morgan fingerprint density at radius 3 is 2.58 bits per heavy atom. The fraction of sp³-hybridized carbons (Fsp3) is 0.545. The molecule has 2 N–H and O–H groups in total. The van der Waals surface area contributed by atoms with E-state index in [1.54, 1.807) is 17.9 Å². The van der Waals surface area contributed by atoms with Crippen LogP contribution in [0.3, 0.4) is 0 Å². The number of rotatable bonds is 6. The molecule has 0 unspecified atom stereocenters. The number of fused-ring (bicyclic) bond motifs is 1. The molecular weight excluding hydrogens is 270 g/mol. The topological polar surface area (TPSA) is 87.3 Å². The Hall–Kier alpha value is -1.28. The van der Waals surface area contributed by atoms with Crippen LogP contribution in [0.4, 0.5) is 0 Å². The number of nitrogens with zero attached hydrogens (tertiary/aromatic N) is 5. The van der Waals surface area contributed by atoms with Gasteiger partial charge < -0.3 is 10.2 Å². The van der Waals surface area contributed by atoms with E-state index >= 15 is 0 Å². The summed E-state index contributed by atoms with van der Waals surface area (Å²) in [6.07, 6.45) is 1.63. The zero-order valence-corrected chi connectivity index (χ0v) is 11.4. The van der Waals surface area contributed by atoms with Crippen molar-refractivity contribution >= 4 is 22.6 Å². The molecule has 2 aromatic rings. The average Bonchev–Trinajstić information content (AvgIpc) is 2.73. The van der Waals surface area contributed by atoms with Crippen LogP contribution in [0, 0.1) is 0 Å². The minimum absolute atomic E-state index is 0.0156. The third-order valence-corrected chi connectivity index (χ3v) is 3.08. The van der Waals surface area contributed by atoms with Gasteiger partial charge in [-0.25, -0.2) is 9.97 Å². The minimum atomic E-state index is 0.0156. The van der Waals surface area contributed by atoms with Crippen molar-refractivity contribution in [1.82, 2.24) is 24.6 Å². The maximum atomic E-state index is 8.97. The van der Waals surface area contributed by atoms with E-state index in [2.05, 4.69) is 15.1 Å². The van der Waals surface area contributed by atoms with Crippen LogP contribution < -0.4 is 0 Å². The molecule has 7 nitrogen and oxygen atoms in total. The van der Waals surface area contributed by atoms with Gasteiger partial charge in [0.1, 0.15) is 11.0 Å². The Labute approximate surface area is 115 Å². The van der Waals surface area contributed by atoms with Gasteiger partial charge in [0, 0.05) is 20.1 Å². The Bertz CT molecular complexity index is 553. The van der Waals surface area contributed by atoms with E-state index in [-0.39, 0.29) is 13.2 Å². The van der Waals surface area contributed by atoms with Crippen molar-refractivity contribution in [2.45, 2.75) is 6.54 Å². The van der Waals surface area contributed by atoms with Gasteiger partial charge in [-0.15, -0.1) is 0 Å². The zero-order valence-electron chi connectivity index (χ0n) is 10.6. The van der Waals surface area contributed by atoms with Gasteiger partial charge in [0.05, 0.1) is 31.3 Å². The standard InChI is InChI=1S/C11H16ClN5O2/c1-16-11-8(6-13-16)10(12)14-9(15-11)7-17(2-4-18)3-5-19/h6,18-19H,2-5,7H2,1H3. The number of aryl methyl sites for hydroxylation is 1. The number of halogens is 1. The highest BCUT2D eigenvalue weighted by Crippen LogP contribution is 2.19. The van der Waals surface area contributed by atoms with Crippen molar-refractivity contribution in [2.24, 2.45) is 7.05 Å². The second-order valence-electron chi connectivity index (χ2n) is 4.16. The largest absolute Gasteiger partial charge is 0.395 e. The van der Waals surface area contributed by atoms with Crippen LogP contribution in [0.2, 0.25) is 5.15 Å². The van der Waals surface area contributed by atoms with E-state index in [9.17, 15) is 0 Å². The highest BCUT2D eigenvalue weighted by atomic mass is 35.5. The SMILES string of the molecule is Cn1ncc2c(Cl)nc(CN(CCO)CCO)nc21. The zero-order chi connectivity index (χ0) is 13.8. The van der Waals surface area contributed by atoms with Crippen LogP contribution in [-0.4, -0.2) is 61.2 Å². The van der Waals surface area contributed by atoms with Gasteiger partial charge in [-0.3, -0.25) is 9.58 Å². The molecule has 0 spiro atoms. The number of aliphatic hydroxyl groups excluding tert-OH is 2. The summed E-state index contributed by atoms with van der Waals surface area (Å²) in [5.41, 5.74) is 0.669. The summed E-state index contributed by atoms with van der Waals surface area (Å²) in [7, 11) is 1.79. The van der Waals surface area contributed by atoms with Crippen molar-refractivity contribution < 1.29 is 10.2 Å². The number of hydrogen-bond acceptors (Lipinski definition) is 6. The molecular formula is C11H16ClN5O2. The first-order valence-corrected chi connectivity index (χ1v) is 6.31. The van der Waals surface area contributed by atoms with Crippen molar-refractivity contribution in [1.29, 1.82) is 0 Å². The molecule has 0 fully saturated rings. The van der Waals surface area contributed by atoms with Crippen molar-refractivity contribution in [3.05, 3.63) is 17.2 Å². The molecule has 2 heterocycles. The molecule has 0 atom stereocenters. The van der Waals surface area contributed by atoms with Crippen molar-refractivity contribution in [2.75, 3.05) is 26.3 Å². The molecule has 0 aliphatic rings. The molecule has 8 heteroatoms. The molecule has 2 rings (SSSR count). The molecule has 0 aliphatic heterocycles. The van der Waals surface area contributed by atoms with E-state index in [1.807, 2.05) is 4.90 Å². The van der Waals surface area contributed by atoms with Gasteiger partial charge in [-0.1, -0.05) is 11.6 Å². The molecule has 0 bridgehead atoms. The first-order chi connectivity index (χ1) is 9.15. The van der Waals surface area contributed by atoms with E-state index in [0.717, 1.165) is 0 Å². The summed E-state index contributed by atoms with van der Waals surface area (Å²) < 4.78 is 1.63. The second kappa shape index (κ2) is 6.25. The van der Waals surface area contributed by atoms with Gasteiger partial charge in [0.25, 0.3) is 0 Å². The van der Waals surface area contributed by atoms with Gasteiger partial charge in [0.15, 0.2) is 5.65 Å². The summed E-state index contributed by atoms with van der Waals surface area (Å²) in [5, 5.41) is 23.1. The van der Waals surface area contributed by atoms with Crippen molar-refractivity contribution in [3.8, 4) is 0 Å². The Morgan fingerprint density at radius 2 is 1.95 bits per heavy atom. The molecule has 0 saturated heterocycles. The summed E-state index contributed by atoms with van der Waals surface area (Å²) >= 11 is 6.09. The number of hydrogen-bond donors (Lipinski definition) is 2. The fourth-order valence-electron chi connectivity index (χ4n) is 1.85. The molecule has 104 valence electrons. The van der Waals surface area contributed by atoms with Gasteiger partial charge >= 0.3 is 0 Å². The quantitative estimate of drug-likeness (QED) is 0.715. The first kappa shape index (κ1) is 14.1. The highest BCUT2D eigenvalue weighted by molar-refractivity contribution is 6.33. The van der Waals surface area contributed by atoms with E-state index in [4.69, 9.17) is 21.8 Å². The Balaban J connectivity index is 2.26. The van der Waals surface area contributed by atoms with E-state index in [0.29, 0.717) is 41.6 Å². The summed E-state index contributed by atoms with van der Waals surface area (Å²) in [4.78, 5) is 10.5. The van der Waals surface area contributed by atoms with E-state index < -0.39 is 0 Å². The van der Waals surface area contributed by atoms with E-state index in [1.165, 1.54) is 0 Å². The molecule has 0 aliphatic carbocycles. The number of aromatic nitrogens is 4. The maximum absolute atomic E-state index is 8.97. The monoisotopic (exact) mass is 285 g/mol. The molecule has 19 heavy (non-hydrogen) atoms. The van der Waals surface area contributed by atoms with Crippen LogP contribution in [0.25, 0.3) is 11.0 Å². The lowest BCUT2D eigenvalue weighted by atomic mass is 10.4. The van der Waals surface area contributed by atoms with Crippen molar-refractivity contribution in [3.63, 3.8) is 0 Å². The molecule has 0 radical (unpaired) electrons. The third kappa shape index (κ3) is 3.19. The predicted molar refractivity (Wildman–Crippen MR) is 70.8 cm³/mol. The molecule has 2 aromatic heterocycles. The second-order valence-corrected chi connectivity index (χ2v) is 4.52. The summed E-state index contributed by atoms with van der Waals surface area (Å²) in [6, 6.07) is 0. The lowest BCUT2D eigenvalue weighted by molar-refractivity contribution is 0.153. The predicted octanol–water partition coefficient (Wildman–Crippen LogP) is -0.197. The maximum Gasteiger partial charge on any atom is 0.162 e. The third-order valence-electron chi connectivity index (χ3n) is 2.79. The normalized spacial score (nSPS) is 11.6. The Morgan fingerprint density at radius 1 is 1.26 bits per heavy atom. The lowest BCUT2D eigenvalue weighted by Crippen LogP contribution is -2.30. The van der Waals surface area contributed by atoms with Gasteiger partial charge in [-0.2, -0.15) is 5.10 Å². The van der Waals surface area contributed by atoms with Crippen LogP contribution in [-0.2, 0) is 13.6 Å². The van der Waals surface area contributed by atoms with Crippen LogP contribution in [0.15, 0.2) is 6.20 Å². The molecule has 0 saturated carbocycles. The molecule has 0 aromatic carbocycles. The van der Waals surface area contributed by atoms with Crippen LogP contribution in [0.1, 0.15) is 5.82 Å². The van der Waals surface area contributed by atoms with Crippen LogP contribution in [0.5, 0.6) is 0 Å². The average molecular weight is 286 g/mol. The number of aliphatic hydroxyl groups is 2.